The van der Waals surface area contributed by atoms with E-state index < -0.39 is 22.7 Å². The van der Waals surface area contributed by atoms with Crippen LogP contribution in [0.2, 0.25) is 39.3 Å². The van der Waals surface area contributed by atoms with Crippen LogP contribution in [0.3, 0.4) is 0 Å². The van der Waals surface area contributed by atoms with Gasteiger partial charge < -0.3 is 14.6 Å². The maximum atomic E-state index is 11.9. The molecule has 2 N–H and O–H groups in total. The molecule has 1 atom stereocenters. The van der Waals surface area contributed by atoms with Crippen LogP contribution in [0.1, 0.15) is 5.56 Å². The summed E-state index contributed by atoms with van der Waals surface area (Å²) in [5.41, 5.74) is 6.93. The van der Waals surface area contributed by atoms with E-state index >= 15 is 0 Å². The average molecular weight is 326 g/mol. The molecule has 0 fully saturated rings. The number of hydrogen-bond donors (Lipinski definition) is 1. The molecular formula is C15H27NO3Si2. The average Bonchev–Trinajstić information content (AvgIpc) is 2.27. The van der Waals surface area contributed by atoms with Gasteiger partial charge in [-0.3, -0.25) is 4.79 Å². The van der Waals surface area contributed by atoms with Gasteiger partial charge in [-0.15, -0.1) is 0 Å². The fraction of sp³-hybridized carbons (Fsp3) is 0.533. The van der Waals surface area contributed by atoms with Gasteiger partial charge >= 0.3 is 5.97 Å². The number of carbonyl (C=O) groups is 1. The quantitative estimate of drug-likeness (QED) is 0.816. The summed E-state index contributed by atoms with van der Waals surface area (Å²) in [6.45, 7) is 12.3. The highest BCUT2D eigenvalue weighted by molar-refractivity contribution is 6.71. The molecule has 1 rings (SSSR count). The zero-order valence-electron chi connectivity index (χ0n) is 13.9. The lowest BCUT2D eigenvalue weighted by molar-refractivity contribution is -0.136. The smallest absolute Gasteiger partial charge is 0.309 e. The number of carbonyl (C=O) groups excluding carboxylic acids is 1. The zero-order chi connectivity index (χ0) is 16.3. The van der Waals surface area contributed by atoms with E-state index in [4.69, 9.17) is 14.6 Å². The van der Waals surface area contributed by atoms with Gasteiger partial charge in [-0.1, -0.05) is 12.1 Å². The van der Waals surface area contributed by atoms with Crippen LogP contribution in [0.25, 0.3) is 0 Å². The van der Waals surface area contributed by atoms with Crippen molar-refractivity contribution in [1.29, 1.82) is 0 Å². The number of hydrogen-bond acceptors (Lipinski definition) is 4. The second kappa shape index (κ2) is 6.76. The Morgan fingerprint density at radius 2 is 1.57 bits per heavy atom. The molecule has 0 aliphatic rings. The largest absolute Gasteiger partial charge is 0.544 e. The Kier molecular flexibility index (Phi) is 5.78. The van der Waals surface area contributed by atoms with Crippen molar-refractivity contribution in [3.63, 3.8) is 0 Å². The van der Waals surface area contributed by atoms with E-state index in [1.54, 1.807) is 0 Å². The molecule has 1 unspecified atom stereocenters. The first kappa shape index (κ1) is 17.9. The monoisotopic (exact) mass is 325 g/mol. The van der Waals surface area contributed by atoms with Gasteiger partial charge in [0, 0.05) is 0 Å². The van der Waals surface area contributed by atoms with Gasteiger partial charge in [0.15, 0.2) is 0 Å². The lowest BCUT2D eigenvalue weighted by Gasteiger charge is -2.21. The molecule has 6 heteroatoms. The fourth-order valence-corrected chi connectivity index (χ4v) is 3.36. The Morgan fingerprint density at radius 3 is 2.00 bits per heavy atom. The maximum Gasteiger partial charge on any atom is 0.309 e. The lowest BCUT2D eigenvalue weighted by atomic mass is 10.1. The van der Waals surface area contributed by atoms with Crippen LogP contribution in [0.5, 0.6) is 5.75 Å². The number of nitrogens with two attached hydrogens (primary N) is 1. The van der Waals surface area contributed by atoms with Crippen LogP contribution in [-0.2, 0) is 15.6 Å². The number of benzene rings is 1. The minimum absolute atomic E-state index is 0.309. The normalized spacial score (nSPS) is 13.7. The molecule has 4 nitrogen and oxygen atoms in total. The Bertz CT molecular complexity index is 475. The minimum atomic E-state index is -1.88. The molecule has 0 saturated carbocycles. The molecular weight excluding hydrogens is 298 g/mol. The van der Waals surface area contributed by atoms with Crippen molar-refractivity contribution in [1.82, 2.24) is 0 Å². The minimum Gasteiger partial charge on any atom is -0.544 e. The van der Waals surface area contributed by atoms with Crippen molar-refractivity contribution in [2.75, 3.05) is 0 Å². The molecule has 1 aromatic rings. The Hall–Kier alpha value is -1.12. The first-order valence-electron chi connectivity index (χ1n) is 7.23. The zero-order valence-corrected chi connectivity index (χ0v) is 15.9. The van der Waals surface area contributed by atoms with Crippen LogP contribution in [0, 0.1) is 0 Å². The van der Waals surface area contributed by atoms with Gasteiger partial charge in [0.1, 0.15) is 11.8 Å². The first-order chi connectivity index (χ1) is 9.46. The fourth-order valence-electron chi connectivity index (χ4n) is 1.76. The molecule has 0 bridgehead atoms. The van der Waals surface area contributed by atoms with Crippen LogP contribution < -0.4 is 10.2 Å². The van der Waals surface area contributed by atoms with E-state index in [1.165, 1.54) is 0 Å². The third-order valence-electron chi connectivity index (χ3n) is 2.51. The molecule has 0 aliphatic heterocycles. The second-order valence-electron chi connectivity index (χ2n) is 7.20. The third-order valence-corrected chi connectivity index (χ3v) is 4.17. The molecule has 0 saturated heterocycles. The van der Waals surface area contributed by atoms with Crippen molar-refractivity contribution in [3.8, 4) is 5.75 Å². The Labute approximate surface area is 129 Å². The molecule has 0 radical (unpaired) electrons. The van der Waals surface area contributed by atoms with Gasteiger partial charge in [-0.2, -0.15) is 0 Å². The Morgan fingerprint density at radius 1 is 1.05 bits per heavy atom. The van der Waals surface area contributed by atoms with Gasteiger partial charge in [-0.25, -0.2) is 0 Å². The molecule has 0 spiro atoms. The van der Waals surface area contributed by atoms with Gasteiger partial charge in [0.25, 0.3) is 0 Å². The SMILES string of the molecule is C[Si](C)(C)OC(=O)C(N)Cc1ccc(O[Si](C)(C)C)cc1. The van der Waals surface area contributed by atoms with E-state index in [0.717, 1.165) is 11.3 Å². The topological polar surface area (TPSA) is 61.5 Å². The molecule has 0 heterocycles. The van der Waals surface area contributed by atoms with Gasteiger partial charge in [0.2, 0.25) is 16.6 Å². The molecule has 21 heavy (non-hydrogen) atoms. The summed E-state index contributed by atoms with van der Waals surface area (Å²) in [4.78, 5) is 11.9. The summed E-state index contributed by atoms with van der Waals surface area (Å²) in [6, 6.07) is 7.17. The molecule has 0 amide bonds. The highest BCUT2D eigenvalue weighted by atomic mass is 28.4. The summed E-state index contributed by atoms with van der Waals surface area (Å²) >= 11 is 0. The van der Waals surface area contributed by atoms with Crippen molar-refractivity contribution < 1.29 is 13.6 Å². The van der Waals surface area contributed by atoms with Crippen molar-refractivity contribution in [3.05, 3.63) is 29.8 Å². The molecule has 0 aromatic heterocycles. The van der Waals surface area contributed by atoms with Crippen molar-refractivity contribution in [2.45, 2.75) is 51.7 Å². The molecule has 1 aromatic carbocycles. The van der Waals surface area contributed by atoms with E-state index in [-0.39, 0.29) is 5.97 Å². The van der Waals surface area contributed by atoms with E-state index in [2.05, 4.69) is 19.6 Å². The highest BCUT2D eigenvalue weighted by Crippen LogP contribution is 2.17. The van der Waals surface area contributed by atoms with Gasteiger partial charge in [-0.05, 0) is 63.4 Å². The molecule has 0 aliphatic carbocycles. The Balaban J connectivity index is 2.61. The maximum absolute atomic E-state index is 11.9. The predicted octanol–water partition coefficient (Wildman–Crippen LogP) is 3.15. The van der Waals surface area contributed by atoms with E-state index in [9.17, 15) is 4.79 Å². The van der Waals surface area contributed by atoms with Crippen LogP contribution in [0.4, 0.5) is 0 Å². The molecule has 118 valence electrons. The van der Waals surface area contributed by atoms with E-state index in [1.807, 2.05) is 43.9 Å². The summed E-state index contributed by atoms with van der Waals surface area (Å²) < 4.78 is 11.3. The first-order valence-corrected chi connectivity index (χ1v) is 14.0. The van der Waals surface area contributed by atoms with Crippen molar-refractivity contribution >= 4 is 22.6 Å². The van der Waals surface area contributed by atoms with Crippen LogP contribution in [-0.4, -0.2) is 28.6 Å². The summed E-state index contributed by atoms with van der Waals surface area (Å²) in [6.07, 6.45) is 0.483. The second-order valence-corrected chi connectivity index (χ2v) is 16.1. The summed E-state index contributed by atoms with van der Waals surface area (Å²) in [5, 5.41) is 0. The summed E-state index contributed by atoms with van der Waals surface area (Å²) in [5.74, 6) is 0.563. The standard InChI is InChI=1S/C15H27NO3Si2/c1-20(2,3)18-13-9-7-12(8-10-13)11-14(16)15(17)19-21(4,5)6/h7-10,14H,11,16H2,1-6H3. The van der Waals surface area contributed by atoms with Crippen molar-refractivity contribution in [2.24, 2.45) is 5.73 Å². The van der Waals surface area contributed by atoms with E-state index in [0.29, 0.717) is 6.42 Å². The van der Waals surface area contributed by atoms with Gasteiger partial charge in [0.05, 0.1) is 0 Å². The highest BCUT2D eigenvalue weighted by Gasteiger charge is 2.24. The number of rotatable bonds is 6. The predicted molar refractivity (Wildman–Crippen MR) is 91.5 cm³/mol. The van der Waals surface area contributed by atoms with Crippen LogP contribution >= 0.6 is 0 Å². The third kappa shape index (κ3) is 7.45. The summed E-state index contributed by atoms with van der Waals surface area (Å²) in [7, 11) is -3.47. The van der Waals surface area contributed by atoms with Crippen LogP contribution in [0.15, 0.2) is 24.3 Å². The lowest BCUT2D eigenvalue weighted by Crippen LogP contribution is -2.40.